The highest BCUT2D eigenvalue weighted by Gasteiger charge is 2.40. The third-order valence-electron chi connectivity index (χ3n) is 6.81. The summed E-state index contributed by atoms with van der Waals surface area (Å²) in [5.74, 6) is 2.42. The van der Waals surface area contributed by atoms with Crippen LogP contribution in [0.5, 0.6) is 5.75 Å². The molecular formula is C22H32N2O4S. The molecule has 1 saturated heterocycles. The zero-order valence-corrected chi connectivity index (χ0v) is 18.0. The number of amides is 1. The van der Waals surface area contributed by atoms with E-state index in [1.807, 2.05) is 6.92 Å². The van der Waals surface area contributed by atoms with Gasteiger partial charge in [-0.05, 0) is 75.0 Å². The van der Waals surface area contributed by atoms with Crippen molar-refractivity contribution in [3.8, 4) is 5.75 Å². The van der Waals surface area contributed by atoms with Gasteiger partial charge in [0.2, 0.25) is 15.9 Å². The average molecular weight is 421 g/mol. The molecule has 3 aliphatic rings. The molecular weight excluding hydrogens is 388 g/mol. The molecule has 1 aromatic carbocycles. The van der Waals surface area contributed by atoms with Gasteiger partial charge in [-0.1, -0.05) is 12.8 Å². The number of ether oxygens (including phenoxy) is 1. The molecule has 0 aromatic heterocycles. The summed E-state index contributed by atoms with van der Waals surface area (Å²) in [5.41, 5.74) is 0.457. The van der Waals surface area contributed by atoms with Crippen molar-refractivity contribution in [1.29, 1.82) is 0 Å². The van der Waals surface area contributed by atoms with Crippen LogP contribution in [-0.2, 0) is 14.8 Å². The Morgan fingerprint density at radius 1 is 1.17 bits per heavy atom. The highest BCUT2D eigenvalue weighted by Crippen LogP contribution is 2.49. The van der Waals surface area contributed by atoms with E-state index in [9.17, 15) is 13.2 Å². The number of fused-ring (bicyclic) bond motifs is 2. The zero-order chi connectivity index (χ0) is 20.4. The van der Waals surface area contributed by atoms with Crippen molar-refractivity contribution in [2.75, 3.05) is 25.0 Å². The van der Waals surface area contributed by atoms with Crippen LogP contribution in [0.1, 0.15) is 58.3 Å². The summed E-state index contributed by atoms with van der Waals surface area (Å²) in [6.45, 7) is 3.44. The van der Waals surface area contributed by atoms with E-state index < -0.39 is 10.0 Å². The monoisotopic (exact) mass is 420 g/mol. The van der Waals surface area contributed by atoms with Gasteiger partial charge < -0.3 is 10.1 Å². The fraction of sp³-hybridized carbons (Fsp3) is 0.682. The molecule has 0 spiro atoms. The van der Waals surface area contributed by atoms with E-state index >= 15 is 0 Å². The standard InChI is InChI=1S/C22H32N2O4S/c1-2-28-21-9-8-19(29(26,27)24-10-4-3-5-11-24)15-20(21)23-22(25)14-18-13-16-6-7-17(18)12-16/h8-9,15-18H,2-7,10-14H2,1H3,(H,23,25). The largest absolute Gasteiger partial charge is 0.492 e. The van der Waals surface area contributed by atoms with Crippen molar-refractivity contribution in [2.24, 2.45) is 17.8 Å². The first-order chi connectivity index (χ1) is 14.0. The Morgan fingerprint density at radius 2 is 1.97 bits per heavy atom. The number of carbonyl (C=O) groups is 1. The molecule has 29 heavy (non-hydrogen) atoms. The summed E-state index contributed by atoms with van der Waals surface area (Å²) in [6.07, 6.45) is 8.35. The fourth-order valence-electron chi connectivity index (χ4n) is 5.37. The molecule has 3 atom stereocenters. The number of piperidine rings is 1. The highest BCUT2D eigenvalue weighted by atomic mass is 32.2. The third kappa shape index (κ3) is 4.45. The maximum Gasteiger partial charge on any atom is 0.243 e. The zero-order valence-electron chi connectivity index (χ0n) is 17.2. The van der Waals surface area contributed by atoms with Crippen LogP contribution in [0.2, 0.25) is 0 Å². The molecule has 0 radical (unpaired) electrons. The van der Waals surface area contributed by atoms with Crippen LogP contribution in [0.3, 0.4) is 0 Å². The lowest BCUT2D eigenvalue weighted by Crippen LogP contribution is -2.35. The van der Waals surface area contributed by atoms with Crippen molar-refractivity contribution in [3.63, 3.8) is 0 Å². The molecule has 1 aromatic rings. The predicted molar refractivity (Wildman–Crippen MR) is 112 cm³/mol. The van der Waals surface area contributed by atoms with Crippen LogP contribution in [0, 0.1) is 17.8 Å². The maximum absolute atomic E-state index is 13.0. The first-order valence-corrected chi connectivity index (χ1v) is 12.5. The smallest absolute Gasteiger partial charge is 0.243 e. The van der Waals surface area contributed by atoms with Crippen molar-refractivity contribution in [2.45, 2.75) is 63.2 Å². The Bertz CT molecular complexity index is 848. The van der Waals surface area contributed by atoms with Crippen LogP contribution in [0.4, 0.5) is 5.69 Å². The molecule has 2 aliphatic carbocycles. The van der Waals surface area contributed by atoms with Crippen LogP contribution in [0.15, 0.2) is 23.1 Å². The number of rotatable bonds is 7. The molecule has 2 bridgehead atoms. The maximum atomic E-state index is 13.0. The van der Waals surface area contributed by atoms with E-state index in [4.69, 9.17) is 4.74 Å². The minimum Gasteiger partial charge on any atom is -0.492 e. The Balaban J connectivity index is 1.51. The van der Waals surface area contributed by atoms with E-state index in [2.05, 4.69) is 5.32 Å². The number of sulfonamides is 1. The Labute approximate surface area is 174 Å². The molecule has 1 heterocycles. The minimum absolute atomic E-state index is 0.0453. The second-order valence-corrected chi connectivity index (χ2v) is 10.7. The quantitative estimate of drug-likeness (QED) is 0.723. The molecule has 7 heteroatoms. The molecule has 1 aliphatic heterocycles. The molecule has 2 saturated carbocycles. The van der Waals surface area contributed by atoms with Crippen LogP contribution < -0.4 is 10.1 Å². The topological polar surface area (TPSA) is 75.7 Å². The van der Waals surface area contributed by atoms with E-state index in [-0.39, 0.29) is 10.8 Å². The Kier molecular flexibility index (Phi) is 6.16. The molecule has 3 unspecified atom stereocenters. The Morgan fingerprint density at radius 3 is 2.62 bits per heavy atom. The molecule has 1 amide bonds. The second kappa shape index (κ2) is 8.64. The van der Waals surface area contributed by atoms with Crippen molar-refractivity contribution in [1.82, 2.24) is 4.31 Å². The number of carbonyl (C=O) groups excluding carboxylic acids is 1. The first-order valence-electron chi connectivity index (χ1n) is 11.0. The van der Waals surface area contributed by atoms with Gasteiger partial charge in [0.25, 0.3) is 0 Å². The van der Waals surface area contributed by atoms with Gasteiger partial charge in [-0.25, -0.2) is 8.42 Å². The number of nitrogens with zero attached hydrogens (tertiary/aromatic N) is 1. The van der Waals surface area contributed by atoms with Gasteiger partial charge in [-0.3, -0.25) is 4.79 Å². The van der Waals surface area contributed by atoms with Crippen molar-refractivity contribution < 1.29 is 17.9 Å². The SMILES string of the molecule is CCOc1ccc(S(=O)(=O)N2CCCCC2)cc1NC(=O)CC1CC2CCC1C2. The lowest BCUT2D eigenvalue weighted by atomic mass is 9.86. The summed E-state index contributed by atoms with van der Waals surface area (Å²) in [5, 5.41) is 2.95. The van der Waals surface area contributed by atoms with Gasteiger partial charge in [0, 0.05) is 19.5 Å². The van der Waals surface area contributed by atoms with Gasteiger partial charge in [-0.15, -0.1) is 0 Å². The summed E-state index contributed by atoms with van der Waals surface area (Å²) in [7, 11) is -3.55. The van der Waals surface area contributed by atoms with Crippen LogP contribution >= 0.6 is 0 Å². The Hall–Kier alpha value is -1.60. The van der Waals surface area contributed by atoms with Crippen molar-refractivity contribution in [3.05, 3.63) is 18.2 Å². The summed E-state index contributed by atoms with van der Waals surface area (Å²) >= 11 is 0. The lowest BCUT2D eigenvalue weighted by molar-refractivity contribution is -0.117. The molecule has 1 N–H and O–H groups in total. The van der Waals surface area contributed by atoms with Crippen LogP contribution in [-0.4, -0.2) is 38.3 Å². The van der Waals surface area contributed by atoms with Gasteiger partial charge >= 0.3 is 0 Å². The van der Waals surface area contributed by atoms with Crippen molar-refractivity contribution >= 4 is 21.6 Å². The number of nitrogens with one attached hydrogen (secondary N) is 1. The fourth-order valence-corrected chi connectivity index (χ4v) is 6.91. The number of benzene rings is 1. The van der Waals surface area contributed by atoms with E-state index in [0.717, 1.165) is 31.6 Å². The normalized spacial score (nSPS) is 27.1. The number of hydrogen-bond donors (Lipinski definition) is 1. The van der Waals surface area contributed by atoms with E-state index in [1.54, 1.807) is 22.5 Å². The second-order valence-electron chi connectivity index (χ2n) is 8.74. The van der Waals surface area contributed by atoms with Gasteiger partial charge in [0.1, 0.15) is 5.75 Å². The lowest BCUT2D eigenvalue weighted by Gasteiger charge is -2.26. The molecule has 3 fully saturated rings. The predicted octanol–water partition coefficient (Wildman–Crippen LogP) is 4.02. The highest BCUT2D eigenvalue weighted by molar-refractivity contribution is 7.89. The number of anilines is 1. The summed E-state index contributed by atoms with van der Waals surface area (Å²) in [4.78, 5) is 13.0. The van der Waals surface area contributed by atoms with Gasteiger partial charge in [-0.2, -0.15) is 4.31 Å². The molecule has 6 nitrogen and oxygen atoms in total. The molecule has 160 valence electrons. The first kappa shape index (κ1) is 20.7. The van der Waals surface area contributed by atoms with Crippen LogP contribution in [0.25, 0.3) is 0 Å². The van der Waals surface area contributed by atoms with E-state index in [1.165, 1.54) is 19.3 Å². The minimum atomic E-state index is -3.55. The van der Waals surface area contributed by atoms with E-state index in [0.29, 0.717) is 49.4 Å². The number of hydrogen-bond acceptors (Lipinski definition) is 4. The molecule has 4 rings (SSSR count). The summed E-state index contributed by atoms with van der Waals surface area (Å²) in [6, 6.07) is 4.81. The summed E-state index contributed by atoms with van der Waals surface area (Å²) < 4.78 is 33.3. The third-order valence-corrected chi connectivity index (χ3v) is 8.70. The van der Waals surface area contributed by atoms with Gasteiger partial charge in [0.15, 0.2) is 0 Å². The average Bonchev–Trinajstić information content (AvgIpc) is 3.33. The van der Waals surface area contributed by atoms with Gasteiger partial charge in [0.05, 0.1) is 17.2 Å².